The van der Waals surface area contributed by atoms with E-state index >= 15 is 0 Å². The molecule has 0 saturated carbocycles. The summed E-state index contributed by atoms with van der Waals surface area (Å²) in [6, 6.07) is -0.0684. The summed E-state index contributed by atoms with van der Waals surface area (Å²) in [5.41, 5.74) is -0.494. The van der Waals surface area contributed by atoms with Gasteiger partial charge in [-0.3, -0.25) is 0 Å². The maximum Gasteiger partial charge on any atom is 0.410 e. The number of likely N-dealkylation sites (N-methyl/N-ethyl adjacent to an activating group) is 1. The first-order valence-electron chi connectivity index (χ1n) is 5.95. The van der Waals surface area contributed by atoms with Crippen molar-refractivity contribution in [1.29, 1.82) is 0 Å². The maximum atomic E-state index is 12.0. The van der Waals surface area contributed by atoms with Gasteiger partial charge >= 0.3 is 6.09 Å². The normalized spacial score (nSPS) is 22.4. The summed E-state index contributed by atoms with van der Waals surface area (Å²) in [5, 5.41) is 0. The molecule has 5 nitrogen and oxygen atoms in total. The van der Waals surface area contributed by atoms with Crippen molar-refractivity contribution in [3.63, 3.8) is 0 Å². The fourth-order valence-corrected chi connectivity index (χ4v) is 1.88. The SMILES string of the molecule is CN1CCN(C(=O)OC(C)(C)C)C(CC=O)C1. The third kappa shape index (κ3) is 4.34. The molecule has 1 fully saturated rings. The van der Waals surface area contributed by atoms with Gasteiger partial charge in [-0.05, 0) is 27.8 Å². The Labute approximate surface area is 103 Å². The molecule has 1 rings (SSSR count). The fourth-order valence-electron chi connectivity index (χ4n) is 1.88. The molecule has 0 spiro atoms. The average Bonchev–Trinajstić information content (AvgIpc) is 2.15. The molecule has 1 saturated heterocycles. The van der Waals surface area contributed by atoms with Crippen LogP contribution in [0.3, 0.4) is 0 Å². The molecule has 1 amide bonds. The molecule has 1 aliphatic heterocycles. The van der Waals surface area contributed by atoms with E-state index in [2.05, 4.69) is 4.90 Å². The molecule has 98 valence electrons. The topological polar surface area (TPSA) is 49.9 Å². The van der Waals surface area contributed by atoms with Gasteiger partial charge in [0.2, 0.25) is 0 Å². The lowest BCUT2D eigenvalue weighted by atomic mass is 10.1. The van der Waals surface area contributed by atoms with Crippen LogP contribution in [-0.2, 0) is 9.53 Å². The third-order valence-electron chi connectivity index (χ3n) is 2.68. The zero-order valence-electron chi connectivity index (χ0n) is 11.1. The van der Waals surface area contributed by atoms with Crippen LogP contribution in [0.5, 0.6) is 0 Å². The van der Waals surface area contributed by atoms with E-state index in [1.54, 1.807) is 4.90 Å². The van der Waals surface area contributed by atoms with Crippen molar-refractivity contribution < 1.29 is 14.3 Å². The number of carbonyl (C=O) groups excluding carboxylic acids is 2. The molecular formula is C12H22N2O3. The lowest BCUT2D eigenvalue weighted by Crippen LogP contribution is -2.55. The van der Waals surface area contributed by atoms with Gasteiger partial charge in [0.05, 0.1) is 6.04 Å². The van der Waals surface area contributed by atoms with Crippen LogP contribution in [0.2, 0.25) is 0 Å². The van der Waals surface area contributed by atoms with Crippen molar-refractivity contribution in [2.45, 2.75) is 38.8 Å². The van der Waals surface area contributed by atoms with Crippen molar-refractivity contribution in [3.8, 4) is 0 Å². The van der Waals surface area contributed by atoms with Gasteiger partial charge in [0, 0.05) is 26.1 Å². The fraction of sp³-hybridized carbons (Fsp3) is 0.833. The van der Waals surface area contributed by atoms with E-state index in [0.29, 0.717) is 13.0 Å². The minimum Gasteiger partial charge on any atom is -0.444 e. The highest BCUT2D eigenvalue weighted by Gasteiger charge is 2.31. The molecule has 0 N–H and O–H groups in total. The van der Waals surface area contributed by atoms with Crippen LogP contribution >= 0.6 is 0 Å². The summed E-state index contributed by atoms with van der Waals surface area (Å²) in [6.07, 6.45) is 0.905. The second kappa shape index (κ2) is 5.49. The minimum absolute atomic E-state index is 0.0684. The smallest absolute Gasteiger partial charge is 0.410 e. The number of rotatable bonds is 2. The molecule has 1 heterocycles. The number of nitrogens with zero attached hydrogens (tertiary/aromatic N) is 2. The third-order valence-corrected chi connectivity index (χ3v) is 2.68. The average molecular weight is 242 g/mol. The van der Waals surface area contributed by atoms with Crippen LogP contribution in [0, 0.1) is 0 Å². The maximum absolute atomic E-state index is 12.0. The van der Waals surface area contributed by atoms with Crippen molar-refractivity contribution >= 4 is 12.4 Å². The Kier molecular flexibility index (Phi) is 4.51. The molecule has 0 aromatic carbocycles. The van der Waals surface area contributed by atoms with E-state index < -0.39 is 5.60 Å². The van der Waals surface area contributed by atoms with Crippen LogP contribution in [0.15, 0.2) is 0 Å². The van der Waals surface area contributed by atoms with Crippen molar-refractivity contribution in [2.24, 2.45) is 0 Å². The highest BCUT2D eigenvalue weighted by molar-refractivity contribution is 5.69. The van der Waals surface area contributed by atoms with Crippen molar-refractivity contribution in [3.05, 3.63) is 0 Å². The van der Waals surface area contributed by atoms with Gasteiger partial charge in [0.15, 0.2) is 0 Å². The van der Waals surface area contributed by atoms with Crippen LogP contribution in [0.4, 0.5) is 4.79 Å². The van der Waals surface area contributed by atoms with E-state index in [9.17, 15) is 9.59 Å². The second-order valence-electron chi connectivity index (χ2n) is 5.49. The molecule has 1 atom stereocenters. The van der Waals surface area contributed by atoms with E-state index in [1.165, 1.54) is 0 Å². The van der Waals surface area contributed by atoms with Gasteiger partial charge in [-0.25, -0.2) is 4.79 Å². The standard InChI is InChI=1S/C12H22N2O3/c1-12(2,3)17-11(16)14-7-6-13(4)9-10(14)5-8-15/h8,10H,5-7,9H2,1-4H3. The van der Waals surface area contributed by atoms with Crippen molar-refractivity contribution in [1.82, 2.24) is 9.80 Å². The molecule has 0 aromatic heterocycles. The predicted octanol–water partition coefficient (Wildman–Crippen LogP) is 1.13. The zero-order valence-corrected chi connectivity index (χ0v) is 11.1. The number of hydrogen-bond donors (Lipinski definition) is 0. The van der Waals surface area contributed by atoms with Crippen LogP contribution in [-0.4, -0.2) is 60.5 Å². The number of hydrogen-bond acceptors (Lipinski definition) is 4. The monoisotopic (exact) mass is 242 g/mol. The molecule has 5 heteroatoms. The van der Waals surface area contributed by atoms with Gasteiger partial charge in [0.25, 0.3) is 0 Å². The Hall–Kier alpha value is -1.10. The zero-order chi connectivity index (χ0) is 13.1. The number of ether oxygens (including phenoxy) is 1. The van der Waals surface area contributed by atoms with Gasteiger partial charge < -0.3 is 19.3 Å². The first kappa shape index (κ1) is 14.0. The Bertz CT molecular complexity index is 286. The molecule has 0 bridgehead atoms. The lowest BCUT2D eigenvalue weighted by molar-refractivity contribution is -0.109. The van der Waals surface area contributed by atoms with Crippen LogP contribution in [0.25, 0.3) is 0 Å². The summed E-state index contributed by atoms with van der Waals surface area (Å²) >= 11 is 0. The summed E-state index contributed by atoms with van der Waals surface area (Å²) in [6.45, 7) is 7.68. The Morgan fingerprint density at radius 2 is 2.06 bits per heavy atom. The molecule has 0 aliphatic carbocycles. The van der Waals surface area contributed by atoms with Crippen molar-refractivity contribution in [2.75, 3.05) is 26.7 Å². The second-order valence-corrected chi connectivity index (χ2v) is 5.49. The van der Waals surface area contributed by atoms with Gasteiger partial charge in [0.1, 0.15) is 11.9 Å². The van der Waals surface area contributed by atoms with Crippen LogP contribution < -0.4 is 0 Å². The molecular weight excluding hydrogens is 220 g/mol. The number of amides is 1. The number of piperazine rings is 1. The summed E-state index contributed by atoms with van der Waals surface area (Å²) in [4.78, 5) is 26.4. The van der Waals surface area contributed by atoms with E-state index in [4.69, 9.17) is 4.74 Å². The summed E-state index contributed by atoms with van der Waals surface area (Å²) in [5.74, 6) is 0. The van der Waals surface area contributed by atoms with Gasteiger partial charge in [-0.15, -0.1) is 0 Å². The van der Waals surface area contributed by atoms with E-state index in [1.807, 2.05) is 27.8 Å². The molecule has 1 unspecified atom stereocenters. The molecule has 0 radical (unpaired) electrons. The number of carbonyl (C=O) groups is 2. The summed E-state index contributed by atoms with van der Waals surface area (Å²) in [7, 11) is 1.99. The Balaban J connectivity index is 2.65. The highest BCUT2D eigenvalue weighted by atomic mass is 16.6. The van der Waals surface area contributed by atoms with E-state index in [-0.39, 0.29) is 12.1 Å². The molecule has 0 aromatic rings. The Morgan fingerprint density at radius 1 is 1.41 bits per heavy atom. The lowest BCUT2D eigenvalue weighted by Gasteiger charge is -2.39. The number of aldehydes is 1. The molecule has 1 aliphatic rings. The van der Waals surface area contributed by atoms with Gasteiger partial charge in [-0.1, -0.05) is 0 Å². The molecule has 17 heavy (non-hydrogen) atoms. The largest absolute Gasteiger partial charge is 0.444 e. The first-order chi connectivity index (χ1) is 7.83. The highest BCUT2D eigenvalue weighted by Crippen LogP contribution is 2.16. The quantitative estimate of drug-likeness (QED) is 0.681. The van der Waals surface area contributed by atoms with Gasteiger partial charge in [-0.2, -0.15) is 0 Å². The minimum atomic E-state index is -0.494. The van der Waals surface area contributed by atoms with Crippen LogP contribution in [0.1, 0.15) is 27.2 Å². The predicted molar refractivity (Wildman–Crippen MR) is 64.9 cm³/mol. The summed E-state index contributed by atoms with van der Waals surface area (Å²) < 4.78 is 5.34. The van der Waals surface area contributed by atoms with E-state index in [0.717, 1.165) is 19.4 Å². The first-order valence-corrected chi connectivity index (χ1v) is 5.95. The Morgan fingerprint density at radius 3 is 2.59 bits per heavy atom.